The molecule has 0 radical (unpaired) electrons. The molecule has 27 heavy (non-hydrogen) atoms. The molecule has 1 saturated carbocycles. The number of esters is 1. The number of rotatable bonds is 7. The molecular weight excluding hydrogens is 377 g/mol. The molecular formula is C17H16F5NO4. The number of halogens is 5. The number of ether oxygens (including phenoxy) is 1. The summed E-state index contributed by atoms with van der Waals surface area (Å²) in [6.07, 6.45) is 2.06. The predicted octanol–water partition coefficient (Wildman–Crippen LogP) is 3.06. The number of aliphatic hydroxyl groups excluding tert-OH is 2. The third-order valence-corrected chi connectivity index (χ3v) is 4.14. The summed E-state index contributed by atoms with van der Waals surface area (Å²) in [5.41, 5.74) is -3.02. The Labute approximate surface area is 150 Å². The van der Waals surface area contributed by atoms with Crippen molar-refractivity contribution in [1.29, 1.82) is 0 Å². The summed E-state index contributed by atoms with van der Waals surface area (Å²) in [5, 5.41) is 19.3. The molecule has 0 spiro atoms. The molecule has 1 aromatic carbocycles. The van der Waals surface area contributed by atoms with Crippen LogP contribution in [-0.4, -0.2) is 42.2 Å². The van der Waals surface area contributed by atoms with E-state index in [4.69, 9.17) is 0 Å². The van der Waals surface area contributed by atoms with Crippen LogP contribution in [-0.2, 0) is 9.53 Å². The van der Waals surface area contributed by atoms with E-state index in [1.165, 1.54) is 6.92 Å². The van der Waals surface area contributed by atoms with Crippen molar-refractivity contribution < 1.29 is 41.7 Å². The van der Waals surface area contributed by atoms with Crippen LogP contribution in [0.4, 0.5) is 22.0 Å². The molecule has 0 aromatic heterocycles. The minimum atomic E-state index is -2.40. The van der Waals surface area contributed by atoms with Crippen LogP contribution in [0.25, 0.3) is 5.76 Å². The Morgan fingerprint density at radius 1 is 1.11 bits per heavy atom. The summed E-state index contributed by atoms with van der Waals surface area (Å²) >= 11 is 0. The topological polar surface area (TPSA) is 79.1 Å². The highest BCUT2D eigenvalue weighted by molar-refractivity contribution is 6.15. The zero-order valence-electron chi connectivity index (χ0n) is 14.2. The highest BCUT2D eigenvalue weighted by Gasteiger charge is 2.41. The van der Waals surface area contributed by atoms with E-state index in [1.807, 2.05) is 0 Å². The number of nitrogens with zero attached hydrogens (tertiary/aromatic N) is 1. The van der Waals surface area contributed by atoms with Gasteiger partial charge >= 0.3 is 5.97 Å². The number of aliphatic hydroxyl groups is 2. The molecule has 1 aliphatic rings. The predicted molar refractivity (Wildman–Crippen MR) is 84.5 cm³/mol. The van der Waals surface area contributed by atoms with Gasteiger partial charge in [-0.1, -0.05) is 0 Å². The molecule has 148 valence electrons. The summed E-state index contributed by atoms with van der Waals surface area (Å²) < 4.78 is 72.3. The molecule has 0 amide bonds. The maximum Gasteiger partial charge on any atom is 0.343 e. The summed E-state index contributed by atoms with van der Waals surface area (Å²) in [6.45, 7) is 1.09. The van der Waals surface area contributed by atoms with Crippen molar-refractivity contribution in [2.24, 2.45) is 10.4 Å². The van der Waals surface area contributed by atoms with Crippen molar-refractivity contribution >= 4 is 17.9 Å². The van der Waals surface area contributed by atoms with E-state index in [-0.39, 0.29) is 19.8 Å². The molecule has 1 aromatic rings. The molecule has 10 heteroatoms. The first-order chi connectivity index (χ1) is 12.7. The third-order valence-electron chi connectivity index (χ3n) is 4.14. The molecule has 5 nitrogen and oxygen atoms in total. The van der Waals surface area contributed by atoms with Crippen molar-refractivity contribution in [3.8, 4) is 0 Å². The van der Waals surface area contributed by atoms with Gasteiger partial charge < -0.3 is 14.9 Å². The fraction of sp³-hybridized carbons (Fsp3) is 0.412. The zero-order valence-corrected chi connectivity index (χ0v) is 14.2. The highest BCUT2D eigenvalue weighted by atomic mass is 19.2. The Hall–Kier alpha value is -2.49. The lowest BCUT2D eigenvalue weighted by Gasteiger charge is -2.11. The Bertz CT molecular complexity index is 789. The van der Waals surface area contributed by atoms with E-state index in [9.17, 15) is 37.0 Å². The Kier molecular flexibility index (Phi) is 6.19. The van der Waals surface area contributed by atoms with E-state index in [2.05, 4.69) is 9.73 Å². The molecule has 2 N–H and O–H groups in total. The van der Waals surface area contributed by atoms with Gasteiger partial charge in [-0.25, -0.2) is 26.7 Å². The number of hydrogen-bond donors (Lipinski definition) is 2. The number of benzene rings is 1. The van der Waals surface area contributed by atoms with Crippen LogP contribution in [0.1, 0.15) is 25.3 Å². The number of carbonyl (C=O) groups excluding carboxylic acids is 1. The minimum Gasteiger partial charge on any atom is -0.506 e. The molecule has 1 aliphatic carbocycles. The van der Waals surface area contributed by atoms with Crippen molar-refractivity contribution in [3.63, 3.8) is 0 Å². The van der Waals surface area contributed by atoms with Crippen LogP contribution >= 0.6 is 0 Å². The van der Waals surface area contributed by atoms with Gasteiger partial charge in [0.25, 0.3) is 0 Å². The second kappa shape index (κ2) is 8.03. The third kappa shape index (κ3) is 4.10. The normalized spacial score (nSPS) is 16.4. The van der Waals surface area contributed by atoms with Gasteiger partial charge in [0.2, 0.25) is 5.82 Å². The van der Waals surface area contributed by atoms with Crippen LogP contribution in [0, 0.1) is 34.5 Å². The molecule has 2 rings (SSSR count). The van der Waals surface area contributed by atoms with Gasteiger partial charge in [-0.3, -0.25) is 4.99 Å². The van der Waals surface area contributed by atoms with E-state index >= 15 is 0 Å². The first kappa shape index (κ1) is 20.8. The summed E-state index contributed by atoms with van der Waals surface area (Å²) in [5.74, 6) is -14.3. The number of aliphatic imine (C=N–C) groups is 1. The second-order valence-corrected chi connectivity index (χ2v) is 6.06. The Morgan fingerprint density at radius 3 is 2.07 bits per heavy atom. The van der Waals surface area contributed by atoms with Gasteiger partial charge in [-0.15, -0.1) is 0 Å². The molecule has 0 bridgehead atoms. The standard InChI is InChI=1S/C17H16F5NO4/c1-2-27-16(26)8(5-23-6-17(7-24)3-4-17)15(25)9-10(18)12(20)14(22)13(21)11(9)19/h5,24-25H,2-4,6-7H2,1H3/b15-8-,23-5?. The molecule has 1 fully saturated rings. The van der Waals surface area contributed by atoms with Gasteiger partial charge in [-0.2, -0.15) is 0 Å². The van der Waals surface area contributed by atoms with Crippen molar-refractivity contribution in [2.75, 3.05) is 19.8 Å². The van der Waals surface area contributed by atoms with Crippen molar-refractivity contribution in [2.45, 2.75) is 19.8 Å². The van der Waals surface area contributed by atoms with Gasteiger partial charge in [0.1, 0.15) is 11.3 Å². The van der Waals surface area contributed by atoms with Crippen LogP contribution in [0.3, 0.4) is 0 Å². The monoisotopic (exact) mass is 393 g/mol. The first-order valence-electron chi connectivity index (χ1n) is 7.92. The molecule has 0 heterocycles. The number of hydrogen-bond acceptors (Lipinski definition) is 5. The number of carbonyl (C=O) groups is 1. The molecule has 0 atom stereocenters. The molecule has 0 aliphatic heterocycles. The van der Waals surface area contributed by atoms with Gasteiger partial charge in [-0.05, 0) is 19.8 Å². The Balaban J connectivity index is 2.54. The van der Waals surface area contributed by atoms with E-state index in [1.54, 1.807) is 0 Å². The zero-order chi connectivity index (χ0) is 20.4. The lowest BCUT2D eigenvalue weighted by atomic mass is 10.1. The Morgan fingerprint density at radius 2 is 1.63 bits per heavy atom. The smallest absolute Gasteiger partial charge is 0.343 e. The lowest BCUT2D eigenvalue weighted by Crippen LogP contribution is -2.15. The van der Waals surface area contributed by atoms with Crippen molar-refractivity contribution in [1.82, 2.24) is 0 Å². The fourth-order valence-corrected chi connectivity index (χ4v) is 2.24. The molecule has 0 saturated heterocycles. The highest BCUT2D eigenvalue weighted by Crippen LogP contribution is 2.45. The maximum atomic E-state index is 13.9. The average Bonchev–Trinajstić information content (AvgIpc) is 3.42. The maximum absolute atomic E-state index is 13.9. The summed E-state index contributed by atoms with van der Waals surface area (Å²) in [6, 6.07) is 0. The second-order valence-electron chi connectivity index (χ2n) is 6.06. The first-order valence-corrected chi connectivity index (χ1v) is 7.92. The van der Waals surface area contributed by atoms with Crippen LogP contribution in [0.2, 0.25) is 0 Å². The summed E-state index contributed by atoms with van der Waals surface area (Å²) in [7, 11) is 0. The quantitative estimate of drug-likeness (QED) is 0.142. The van der Waals surface area contributed by atoms with E-state index in [0.717, 1.165) is 6.21 Å². The van der Waals surface area contributed by atoms with Gasteiger partial charge in [0.05, 0.1) is 18.8 Å². The lowest BCUT2D eigenvalue weighted by molar-refractivity contribution is -0.137. The van der Waals surface area contributed by atoms with Crippen LogP contribution < -0.4 is 0 Å². The van der Waals surface area contributed by atoms with E-state index in [0.29, 0.717) is 12.8 Å². The van der Waals surface area contributed by atoms with Gasteiger partial charge in [0.15, 0.2) is 23.3 Å². The van der Waals surface area contributed by atoms with Crippen LogP contribution in [0.15, 0.2) is 10.6 Å². The molecule has 0 unspecified atom stereocenters. The minimum absolute atomic E-state index is 0.0385. The van der Waals surface area contributed by atoms with Crippen LogP contribution in [0.5, 0.6) is 0 Å². The fourth-order valence-electron chi connectivity index (χ4n) is 2.24. The SMILES string of the molecule is CCOC(=O)/C(C=NCC1(CO)CC1)=C(\O)c1c(F)c(F)c(F)c(F)c1F. The van der Waals surface area contributed by atoms with E-state index < -0.39 is 57.4 Å². The average molecular weight is 393 g/mol. The largest absolute Gasteiger partial charge is 0.506 e. The van der Waals surface area contributed by atoms with Gasteiger partial charge in [0, 0.05) is 18.2 Å². The summed E-state index contributed by atoms with van der Waals surface area (Å²) in [4.78, 5) is 15.8. The van der Waals surface area contributed by atoms with Crippen molar-refractivity contribution in [3.05, 3.63) is 40.2 Å².